The maximum atomic E-state index is 13.2. The van der Waals surface area contributed by atoms with Gasteiger partial charge in [0.1, 0.15) is 29.1 Å². The number of nitrogens with one attached hydrogen (secondary N) is 3. The number of halogens is 1. The highest BCUT2D eigenvalue weighted by molar-refractivity contribution is 5.67. The minimum Gasteiger partial charge on any atom is -0.363 e. The lowest BCUT2D eigenvalue weighted by molar-refractivity contribution is 0.626. The first kappa shape index (κ1) is 19.3. The molecule has 1 atom stereocenters. The molecule has 7 nitrogen and oxygen atoms in total. The molecule has 0 aliphatic rings. The van der Waals surface area contributed by atoms with Gasteiger partial charge in [0.2, 0.25) is 0 Å². The minimum atomic E-state index is -0.263. The van der Waals surface area contributed by atoms with Crippen LogP contribution < -0.4 is 16.0 Å². The zero-order chi connectivity index (χ0) is 20.8. The first-order valence-electron chi connectivity index (χ1n) is 9.41. The molecule has 3 aromatic heterocycles. The summed E-state index contributed by atoms with van der Waals surface area (Å²) < 4.78 is 13.2. The van der Waals surface area contributed by atoms with Gasteiger partial charge in [0.25, 0.3) is 0 Å². The number of rotatable bonds is 7. The van der Waals surface area contributed by atoms with E-state index in [9.17, 15) is 4.39 Å². The van der Waals surface area contributed by atoms with Gasteiger partial charge in [-0.05, 0) is 36.8 Å². The molecule has 1 aromatic carbocycles. The van der Waals surface area contributed by atoms with Crippen LogP contribution in [0.5, 0.6) is 0 Å². The molecule has 0 unspecified atom stereocenters. The van der Waals surface area contributed by atoms with E-state index in [1.807, 2.05) is 37.3 Å². The van der Waals surface area contributed by atoms with Gasteiger partial charge in [0, 0.05) is 42.5 Å². The van der Waals surface area contributed by atoms with Crippen molar-refractivity contribution in [3.05, 3.63) is 90.8 Å². The van der Waals surface area contributed by atoms with Gasteiger partial charge < -0.3 is 16.0 Å². The molecule has 0 saturated carbocycles. The van der Waals surface area contributed by atoms with E-state index in [-0.39, 0.29) is 11.9 Å². The highest BCUT2D eigenvalue weighted by Gasteiger charge is 2.10. The standard InChI is InChI=1S/C22H20FN7/c1-15(16-5-7-17(23)8-6-16)27-20-12-18(28-19-4-2-3-9-25-19)13-21(29-20)30-22-14-24-10-11-26-22/h2-15H,1H3,(H3,25,26,27,28,29,30)/t15-/m0/s1. The number of pyridine rings is 2. The van der Waals surface area contributed by atoms with Gasteiger partial charge in [-0.1, -0.05) is 18.2 Å². The van der Waals surface area contributed by atoms with Gasteiger partial charge in [-0.25, -0.2) is 19.3 Å². The van der Waals surface area contributed by atoms with E-state index in [1.165, 1.54) is 12.1 Å². The largest absolute Gasteiger partial charge is 0.363 e. The fraction of sp³-hybridized carbons (Fsp3) is 0.0909. The van der Waals surface area contributed by atoms with Crippen LogP contribution >= 0.6 is 0 Å². The van der Waals surface area contributed by atoms with E-state index in [2.05, 4.69) is 35.9 Å². The van der Waals surface area contributed by atoms with Crippen LogP contribution in [0.15, 0.2) is 79.4 Å². The number of anilines is 5. The average molecular weight is 401 g/mol. The van der Waals surface area contributed by atoms with Crippen molar-refractivity contribution in [2.45, 2.75) is 13.0 Å². The monoisotopic (exact) mass is 401 g/mol. The summed E-state index contributed by atoms with van der Waals surface area (Å²) >= 11 is 0. The van der Waals surface area contributed by atoms with Gasteiger partial charge in [0.05, 0.1) is 6.20 Å². The maximum Gasteiger partial charge on any atom is 0.150 e. The molecule has 4 aromatic rings. The van der Waals surface area contributed by atoms with E-state index < -0.39 is 0 Å². The second-order valence-corrected chi connectivity index (χ2v) is 6.60. The van der Waals surface area contributed by atoms with E-state index >= 15 is 0 Å². The Morgan fingerprint density at radius 1 is 0.800 bits per heavy atom. The molecule has 8 heteroatoms. The Labute approximate surface area is 173 Å². The Bertz CT molecular complexity index is 1030. The second-order valence-electron chi connectivity index (χ2n) is 6.60. The Kier molecular flexibility index (Phi) is 5.75. The van der Waals surface area contributed by atoms with Crippen LogP contribution in [0.3, 0.4) is 0 Å². The van der Waals surface area contributed by atoms with Crippen molar-refractivity contribution in [1.29, 1.82) is 0 Å². The highest BCUT2D eigenvalue weighted by atomic mass is 19.1. The fourth-order valence-electron chi connectivity index (χ4n) is 2.88. The van der Waals surface area contributed by atoms with Gasteiger partial charge >= 0.3 is 0 Å². The van der Waals surface area contributed by atoms with Gasteiger partial charge in [-0.3, -0.25) is 4.98 Å². The molecule has 0 amide bonds. The molecular formula is C22H20FN7. The molecule has 0 spiro atoms. The van der Waals surface area contributed by atoms with Crippen molar-refractivity contribution in [2.24, 2.45) is 0 Å². The third kappa shape index (κ3) is 5.05. The minimum absolute atomic E-state index is 0.0763. The highest BCUT2D eigenvalue weighted by Crippen LogP contribution is 2.26. The van der Waals surface area contributed by atoms with Crippen LogP contribution in [-0.4, -0.2) is 19.9 Å². The van der Waals surface area contributed by atoms with E-state index in [0.29, 0.717) is 23.3 Å². The molecular weight excluding hydrogens is 381 g/mol. The summed E-state index contributed by atoms with van der Waals surface area (Å²) in [5.74, 6) is 2.26. The SMILES string of the molecule is C[C@H](Nc1cc(Nc2ccccn2)cc(Nc2cnccn2)n1)c1ccc(F)cc1. The quantitative estimate of drug-likeness (QED) is 0.399. The first-order chi connectivity index (χ1) is 14.7. The molecule has 0 aliphatic carbocycles. The third-order valence-electron chi connectivity index (χ3n) is 4.32. The summed E-state index contributed by atoms with van der Waals surface area (Å²) in [6.07, 6.45) is 6.55. The van der Waals surface area contributed by atoms with Crippen molar-refractivity contribution in [3.8, 4) is 0 Å². The van der Waals surface area contributed by atoms with E-state index in [1.54, 1.807) is 36.9 Å². The van der Waals surface area contributed by atoms with Crippen molar-refractivity contribution < 1.29 is 4.39 Å². The Balaban J connectivity index is 1.61. The van der Waals surface area contributed by atoms with Crippen molar-refractivity contribution in [3.63, 3.8) is 0 Å². The van der Waals surface area contributed by atoms with Crippen LogP contribution in [0.1, 0.15) is 18.5 Å². The Morgan fingerprint density at radius 3 is 2.33 bits per heavy atom. The summed E-state index contributed by atoms with van der Waals surface area (Å²) in [5, 5.41) is 9.79. The van der Waals surface area contributed by atoms with Crippen LogP contribution in [0, 0.1) is 5.82 Å². The number of hydrogen-bond donors (Lipinski definition) is 3. The van der Waals surface area contributed by atoms with Crippen LogP contribution in [0.4, 0.5) is 33.3 Å². The lowest BCUT2D eigenvalue weighted by atomic mass is 10.1. The predicted octanol–water partition coefficient (Wildman–Crippen LogP) is 5.07. The molecule has 3 heterocycles. The van der Waals surface area contributed by atoms with Gasteiger partial charge in [0.15, 0.2) is 0 Å². The molecule has 0 fully saturated rings. The van der Waals surface area contributed by atoms with Crippen molar-refractivity contribution in [1.82, 2.24) is 19.9 Å². The average Bonchev–Trinajstić information content (AvgIpc) is 2.75. The summed E-state index contributed by atoms with van der Waals surface area (Å²) in [5.41, 5.74) is 1.74. The van der Waals surface area contributed by atoms with Gasteiger partial charge in [-0.15, -0.1) is 0 Å². The Hall–Kier alpha value is -4.07. The molecule has 0 radical (unpaired) electrons. The number of aromatic nitrogens is 4. The first-order valence-corrected chi connectivity index (χ1v) is 9.41. The predicted molar refractivity (Wildman–Crippen MR) is 116 cm³/mol. The summed E-state index contributed by atoms with van der Waals surface area (Å²) in [6.45, 7) is 1.99. The summed E-state index contributed by atoms with van der Waals surface area (Å²) in [4.78, 5) is 17.2. The second kappa shape index (κ2) is 8.95. The maximum absolute atomic E-state index is 13.2. The van der Waals surface area contributed by atoms with Crippen molar-refractivity contribution in [2.75, 3.05) is 16.0 Å². The third-order valence-corrected chi connectivity index (χ3v) is 4.32. The van der Waals surface area contributed by atoms with Crippen molar-refractivity contribution >= 4 is 29.0 Å². The van der Waals surface area contributed by atoms with Crippen LogP contribution in [0.25, 0.3) is 0 Å². The summed E-state index contributed by atoms with van der Waals surface area (Å²) in [6, 6.07) is 15.7. The molecule has 0 saturated heterocycles. The normalized spacial score (nSPS) is 11.5. The molecule has 4 rings (SSSR count). The number of benzene rings is 1. The fourth-order valence-corrected chi connectivity index (χ4v) is 2.88. The molecule has 3 N–H and O–H groups in total. The zero-order valence-electron chi connectivity index (χ0n) is 16.2. The Morgan fingerprint density at radius 2 is 1.60 bits per heavy atom. The lowest BCUT2D eigenvalue weighted by Crippen LogP contribution is -2.09. The van der Waals surface area contributed by atoms with E-state index in [0.717, 1.165) is 11.3 Å². The topological polar surface area (TPSA) is 87.7 Å². The van der Waals surface area contributed by atoms with Crippen LogP contribution in [0.2, 0.25) is 0 Å². The zero-order valence-corrected chi connectivity index (χ0v) is 16.2. The molecule has 30 heavy (non-hydrogen) atoms. The van der Waals surface area contributed by atoms with E-state index in [4.69, 9.17) is 0 Å². The smallest absolute Gasteiger partial charge is 0.150 e. The number of hydrogen-bond acceptors (Lipinski definition) is 7. The molecule has 0 aliphatic heterocycles. The molecule has 150 valence electrons. The lowest BCUT2D eigenvalue weighted by Gasteiger charge is -2.17. The molecule has 0 bridgehead atoms. The number of nitrogens with zero attached hydrogens (tertiary/aromatic N) is 4. The summed E-state index contributed by atoms with van der Waals surface area (Å²) in [7, 11) is 0. The van der Waals surface area contributed by atoms with Gasteiger partial charge in [-0.2, -0.15) is 0 Å². The van der Waals surface area contributed by atoms with Crippen LogP contribution in [-0.2, 0) is 0 Å².